The van der Waals surface area contributed by atoms with Crippen molar-refractivity contribution in [1.29, 1.82) is 0 Å². The van der Waals surface area contributed by atoms with Gasteiger partial charge in [-0.2, -0.15) is 5.10 Å². The van der Waals surface area contributed by atoms with E-state index in [1.165, 1.54) is 0 Å². The minimum Gasteiger partial charge on any atom is -0.348 e. The van der Waals surface area contributed by atoms with Gasteiger partial charge < -0.3 is 10.2 Å². The number of nitrogens with one attached hydrogen (secondary N) is 1. The molecule has 2 aromatic rings. The Bertz CT molecular complexity index is 635. The Morgan fingerprint density at radius 1 is 1.23 bits per heavy atom. The van der Waals surface area contributed by atoms with Crippen LogP contribution >= 0.6 is 0 Å². The maximum absolute atomic E-state index is 12.3. The van der Waals surface area contributed by atoms with Crippen molar-refractivity contribution in [1.82, 2.24) is 20.0 Å². The molecule has 22 heavy (non-hydrogen) atoms. The molecule has 1 amide bonds. The van der Waals surface area contributed by atoms with Crippen LogP contribution in [0.15, 0.2) is 42.6 Å². The van der Waals surface area contributed by atoms with Gasteiger partial charge in [0.25, 0.3) is 5.91 Å². The molecule has 1 N–H and O–H groups in total. The molecular weight excluding hydrogens is 276 g/mol. The fourth-order valence-corrected chi connectivity index (χ4v) is 2.99. The maximum atomic E-state index is 12.3. The molecule has 0 aliphatic heterocycles. The highest BCUT2D eigenvalue weighted by atomic mass is 16.2. The molecule has 0 radical (unpaired) electrons. The van der Waals surface area contributed by atoms with Crippen LogP contribution in [-0.4, -0.2) is 46.8 Å². The van der Waals surface area contributed by atoms with Crippen molar-refractivity contribution in [3.8, 4) is 5.69 Å². The summed E-state index contributed by atoms with van der Waals surface area (Å²) in [5, 5.41) is 7.47. The number of hydrogen-bond donors (Lipinski definition) is 1. The van der Waals surface area contributed by atoms with E-state index in [4.69, 9.17) is 0 Å². The van der Waals surface area contributed by atoms with Crippen LogP contribution in [-0.2, 0) is 0 Å². The Morgan fingerprint density at radius 3 is 2.68 bits per heavy atom. The van der Waals surface area contributed by atoms with E-state index in [1.807, 2.05) is 36.5 Å². The van der Waals surface area contributed by atoms with Gasteiger partial charge >= 0.3 is 0 Å². The lowest BCUT2D eigenvalue weighted by molar-refractivity contribution is 0.0931. The zero-order valence-corrected chi connectivity index (χ0v) is 13.1. The Kier molecular flexibility index (Phi) is 4.24. The van der Waals surface area contributed by atoms with Crippen molar-refractivity contribution in [2.45, 2.75) is 31.3 Å². The van der Waals surface area contributed by atoms with Crippen LogP contribution in [0.1, 0.15) is 29.8 Å². The van der Waals surface area contributed by atoms with E-state index in [0.29, 0.717) is 11.7 Å². The van der Waals surface area contributed by atoms with E-state index in [0.717, 1.165) is 24.9 Å². The Hall–Kier alpha value is -2.14. The normalized spacial score (nSPS) is 21.2. The zero-order chi connectivity index (χ0) is 15.5. The van der Waals surface area contributed by atoms with E-state index in [2.05, 4.69) is 29.4 Å². The van der Waals surface area contributed by atoms with Crippen molar-refractivity contribution in [2.24, 2.45) is 0 Å². The molecular formula is C17H22N4O. The van der Waals surface area contributed by atoms with Gasteiger partial charge in [0.05, 0.1) is 5.69 Å². The second kappa shape index (κ2) is 6.32. The molecule has 116 valence electrons. The van der Waals surface area contributed by atoms with E-state index in [-0.39, 0.29) is 11.9 Å². The quantitative estimate of drug-likeness (QED) is 0.940. The Morgan fingerprint density at radius 2 is 2.00 bits per heavy atom. The first-order chi connectivity index (χ1) is 10.6. The van der Waals surface area contributed by atoms with Gasteiger partial charge in [-0.1, -0.05) is 18.2 Å². The Balaban J connectivity index is 1.63. The van der Waals surface area contributed by atoms with Crippen LogP contribution < -0.4 is 5.32 Å². The first kappa shape index (κ1) is 14.8. The third-order valence-electron chi connectivity index (χ3n) is 4.31. The predicted octanol–water partition coefficient (Wildman–Crippen LogP) is 2.08. The third kappa shape index (κ3) is 3.20. The number of rotatable bonds is 4. The van der Waals surface area contributed by atoms with E-state index in [9.17, 15) is 4.79 Å². The monoisotopic (exact) mass is 298 g/mol. The molecule has 1 aliphatic carbocycles. The van der Waals surface area contributed by atoms with Crippen molar-refractivity contribution in [3.63, 3.8) is 0 Å². The van der Waals surface area contributed by atoms with Gasteiger partial charge in [-0.15, -0.1) is 0 Å². The first-order valence-corrected chi connectivity index (χ1v) is 7.72. The molecule has 3 rings (SSSR count). The topological polar surface area (TPSA) is 50.2 Å². The highest BCUT2D eigenvalue weighted by Gasteiger charge is 2.27. The van der Waals surface area contributed by atoms with Crippen LogP contribution in [0.3, 0.4) is 0 Å². The zero-order valence-electron chi connectivity index (χ0n) is 13.1. The highest BCUT2D eigenvalue weighted by Crippen LogP contribution is 2.22. The summed E-state index contributed by atoms with van der Waals surface area (Å²) < 4.78 is 1.73. The van der Waals surface area contributed by atoms with Gasteiger partial charge in [-0.05, 0) is 51.6 Å². The molecule has 2 atom stereocenters. The molecule has 1 heterocycles. The molecule has 0 spiro atoms. The van der Waals surface area contributed by atoms with Gasteiger partial charge in [0.1, 0.15) is 0 Å². The van der Waals surface area contributed by atoms with Crippen LogP contribution in [0.2, 0.25) is 0 Å². The van der Waals surface area contributed by atoms with E-state index in [1.54, 1.807) is 10.7 Å². The second-order valence-electron chi connectivity index (χ2n) is 6.08. The van der Waals surface area contributed by atoms with Gasteiger partial charge in [-0.25, -0.2) is 4.68 Å². The SMILES string of the molecule is CN(C)C1CCC(NC(=O)c2ccn(-c3ccccc3)n2)C1. The lowest BCUT2D eigenvalue weighted by Gasteiger charge is -2.19. The van der Waals surface area contributed by atoms with Crippen molar-refractivity contribution >= 4 is 5.91 Å². The average molecular weight is 298 g/mol. The van der Waals surface area contributed by atoms with E-state index >= 15 is 0 Å². The molecule has 1 aromatic carbocycles. The predicted molar refractivity (Wildman–Crippen MR) is 86.1 cm³/mol. The van der Waals surface area contributed by atoms with Crippen LogP contribution in [0, 0.1) is 0 Å². The number of aromatic nitrogens is 2. The summed E-state index contributed by atoms with van der Waals surface area (Å²) in [7, 11) is 4.19. The fraction of sp³-hybridized carbons (Fsp3) is 0.412. The molecule has 0 bridgehead atoms. The van der Waals surface area contributed by atoms with Gasteiger partial charge in [0.2, 0.25) is 0 Å². The number of para-hydroxylation sites is 1. The molecule has 5 heteroatoms. The smallest absolute Gasteiger partial charge is 0.272 e. The number of benzene rings is 1. The first-order valence-electron chi connectivity index (χ1n) is 7.72. The summed E-state index contributed by atoms with van der Waals surface area (Å²) in [6, 6.07) is 12.4. The lowest BCUT2D eigenvalue weighted by atomic mass is 10.2. The molecule has 0 saturated heterocycles. The standard InChI is InChI=1S/C17H22N4O/c1-20(2)15-9-8-13(12-15)18-17(22)16-10-11-21(19-16)14-6-4-3-5-7-14/h3-7,10-11,13,15H,8-9,12H2,1-2H3,(H,18,22). The molecule has 2 unspecified atom stereocenters. The van der Waals surface area contributed by atoms with Crippen LogP contribution in [0.4, 0.5) is 0 Å². The molecule has 1 fully saturated rings. The minimum absolute atomic E-state index is 0.0842. The van der Waals surface area contributed by atoms with Gasteiger partial charge in [0.15, 0.2) is 5.69 Å². The van der Waals surface area contributed by atoms with Crippen molar-refractivity contribution < 1.29 is 4.79 Å². The lowest BCUT2D eigenvalue weighted by Crippen LogP contribution is -2.35. The number of hydrogen-bond acceptors (Lipinski definition) is 3. The highest BCUT2D eigenvalue weighted by molar-refractivity contribution is 5.92. The summed E-state index contributed by atoms with van der Waals surface area (Å²) in [5.41, 5.74) is 1.42. The van der Waals surface area contributed by atoms with E-state index < -0.39 is 0 Å². The molecule has 1 aromatic heterocycles. The number of carbonyl (C=O) groups is 1. The number of nitrogens with zero attached hydrogens (tertiary/aromatic N) is 3. The number of carbonyl (C=O) groups excluding carboxylic acids is 1. The molecule has 5 nitrogen and oxygen atoms in total. The molecule has 1 saturated carbocycles. The number of amides is 1. The Labute approximate surface area is 130 Å². The third-order valence-corrected chi connectivity index (χ3v) is 4.31. The second-order valence-corrected chi connectivity index (χ2v) is 6.08. The largest absolute Gasteiger partial charge is 0.348 e. The van der Waals surface area contributed by atoms with Crippen molar-refractivity contribution in [2.75, 3.05) is 14.1 Å². The van der Waals surface area contributed by atoms with Crippen LogP contribution in [0.25, 0.3) is 5.69 Å². The average Bonchev–Trinajstić information content (AvgIpc) is 3.17. The summed E-state index contributed by atoms with van der Waals surface area (Å²) in [5.74, 6) is -0.0842. The van der Waals surface area contributed by atoms with Gasteiger partial charge in [-0.3, -0.25) is 4.79 Å². The van der Waals surface area contributed by atoms with Gasteiger partial charge in [0, 0.05) is 18.3 Å². The summed E-state index contributed by atoms with van der Waals surface area (Å²) in [6.45, 7) is 0. The minimum atomic E-state index is -0.0842. The molecule has 1 aliphatic rings. The summed E-state index contributed by atoms with van der Waals surface area (Å²) >= 11 is 0. The summed E-state index contributed by atoms with van der Waals surface area (Å²) in [4.78, 5) is 14.6. The fourth-order valence-electron chi connectivity index (χ4n) is 2.99. The summed E-state index contributed by atoms with van der Waals surface area (Å²) in [6.07, 6.45) is 5.00. The van der Waals surface area contributed by atoms with Crippen LogP contribution in [0.5, 0.6) is 0 Å². The maximum Gasteiger partial charge on any atom is 0.272 e. The van der Waals surface area contributed by atoms with Crippen molar-refractivity contribution in [3.05, 3.63) is 48.3 Å².